The first-order valence-corrected chi connectivity index (χ1v) is 6.13. The number of thioether (sulfide) groups is 1. The fraction of sp³-hybridized carbons (Fsp3) is 0.600. The number of aromatic nitrogens is 2. The summed E-state index contributed by atoms with van der Waals surface area (Å²) < 4.78 is 0. The van der Waals surface area contributed by atoms with Crippen molar-refractivity contribution in [3.8, 4) is 0 Å². The van der Waals surface area contributed by atoms with Crippen LogP contribution in [0.25, 0.3) is 0 Å². The molecule has 84 valence electrons. The Bertz CT molecular complexity index is 360. The molecule has 5 heteroatoms. The third-order valence-corrected chi connectivity index (χ3v) is 3.46. The first kappa shape index (κ1) is 12.1. The van der Waals surface area contributed by atoms with Gasteiger partial charge in [0, 0.05) is 11.8 Å². The van der Waals surface area contributed by atoms with E-state index in [-0.39, 0.29) is 11.4 Å². The second kappa shape index (κ2) is 5.80. The predicted molar refractivity (Wildman–Crippen MR) is 64.1 cm³/mol. The van der Waals surface area contributed by atoms with E-state index in [0.29, 0.717) is 11.1 Å². The van der Waals surface area contributed by atoms with Gasteiger partial charge in [-0.25, -0.2) is 4.98 Å². The highest BCUT2D eigenvalue weighted by molar-refractivity contribution is 7.99. The third-order valence-electron chi connectivity index (χ3n) is 2.35. The van der Waals surface area contributed by atoms with Gasteiger partial charge in [-0.2, -0.15) is 0 Å². The Kier molecular flexibility index (Phi) is 4.68. The minimum absolute atomic E-state index is 0.186. The van der Waals surface area contributed by atoms with Crippen LogP contribution in [-0.4, -0.2) is 15.7 Å². The van der Waals surface area contributed by atoms with Crippen molar-refractivity contribution in [3.63, 3.8) is 0 Å². The van der Waals surface area contributed by atoms with E-state index in [4.69, 9.17) is 5.73 Å². The van der Waals surface area contributed by atoms with Crippen molar-refractivity contribution >= 4 is 17.6 Å². The molecule has 0 saturated carbocycles. The van der Waals surface area contributed by atoms with E-state index in [1.165, 1.54) is 6.07 Å². The number of nitrogens with two attached hydrogens (primary N) is 1. The Morgan fingerprint density at radius 3 is 2.73 bits per heavy atom. The Balaban J connectivity index is 2.61. The fourth-order valence-corrected chi connectivity index (χ4v) is 2.45. The molecule has 0 aromatic carbocycles. The van der Waals surface area contributed by atoms with Gasteiger partial charge in [-0.15, -0.1) is 0 Å². The van der Waals surface area contributed by atoms with E-state index in [2.05, 4.69) is 23.8 Å². The number of nitrogens with one attached hydrogen (secondary N) is 1. The summed E-state index contributed by atoms with van der Waals surface area (Å²) in [6, 6.07) is 1.29. The Hall–Kier alpha value is -0.970. The van der Waals surface area contributed by atoms with Crippen LogP contribution in [-0.2, 0) is 0 Å². The zero-order valence-corrected chi connectivity index (χ0v) is 9.93. The van der Waals surface area contributed by atoms with Gasteiger partial charge >= 0.3 is 0 Å². The molecule has 0 aliphatic heterocycles. The normalized spacial score (nSPS) is 10.9. The lowest BCUT2D eigenvalue weighted by Crippen LogP contribution is -2.10. The summed E-state index contributed by atoms with van der Waals surface area (Å²) in [7, 11) is 0. The number of rotatable bonds is 5. The number of nitrogen functional groups attached to an aromatic ring is 1. The molecule has 1 aromatic heterocycles. The minimum Gasteiger partial charge on any atom is -0.383 e. The lowest BCUT2D eigenvalue weighted by Gasteiger charge is -2.10. The lowest BCUT2D eigenvalue weighted by molar-refractivity contribution is 0.553. The molecule has 4 nitrogen and oxygen atoms in total. The molecule has 0 bridgehead atoms. The van der Waals surface area contributed by atoms with Crippen LogP contribution >= 0.6 is 11.8 Å². The van der Waals surface area contributed by atoms with Crippen molar-refractivity contribution < 1.29 is 0 Å². The molecule has 0 fully saturated rings. The topological polar surface area (TPSA) is 71.8 Å². The first-order chi connectivity index (χ1) is 7.15. The largest absolute Gasteiger partial charge is 0.383 e. The lowest BCUT2D eigenvalue weighted by atomic mass is 10.1. The maximum Gasteiger partial charge on any atom is 0.253 e. The summed E-state index contributed by atoms with van der Waals surface area (Å²) in [4.78, 5) is 17.8. The standard InChI is InChI=1S/C10H17N3OS/c1-3-7(4-2)6-15-10-12-8(11)5-9(14)13-10/h5,7H,3-4,6H2,1-2H3,(H3,11,12,13,14). The SMILES string of the molecule is CCC(CC)CSc1nc(N)cc(=O)[nH]1. The number of H-pyrrole nitrogens is 1. The average Bonchev–Trinajstić information content (AvgIpc) is 2.18. The van der Waals surface area contributed by atoms with Gasteiger partial charge in [0.15, 0.2) is 5.16 Å². The van der Waals surface area contributed by atoms with Crippen LogP contribution < -0.4 is 11.3 Å². The van der Waals surface area contributed by atoms with Crippen molar-refractivity contribution in [2.24, 2.45) is 5.92 Å². The van der Waals surface area contributed by atoms with Crippen LogP contribution in [0.3, 0.4) is 0 Å². The van der Waals surface area contributed by atoms with Gasteiger partial charge in [-0.1, -0.05) is 38.5 Å². The van der Waals surface area contributed by atoms with Gasteiger partial charge in [-0.05, 0) is 5.92 Å². The van der Waals surface area contributed by atoms with E-state index < -0.39 is 0 Å². The zero-order chi connectivity index (χ0) is 11.3. The van der Waals surface area contributed by atoms with Crippen LogP contribution in [0.2, 0.25) is 0 Å². The Morgan fingerprint density at radius 2 is 2.20 bits per heavy atom. The summed E-state index contributed by atoms with van der Waals surface area (Å²) in [5, 5.41) is 0.618. The smallest absolute Gasteiger partial charge is 0.253 e. The monoisotopic (exact) mass is 227 g/mol. The van der Waals surface area contributed by atoms with Crippen molar-refractivity contribution in [1.29, 1.82) is 0 Å². The molecule has 0 spiro atoms. The third kappa shape index (κ3) is 3.95. The van der Waals surface area contributed by atoms with Gasteiger partial charge in [0.2, 0.25) is 0 Å². The van der Waals surface area contributed by atoms with Crippen molar-refractivity contribution in [2.75, 3.05) is 11.5 Å². The molecular formula is C10H17N3OS. The molecule has 0 unspecified atom stereocenters. The highest BCUT2D eigenvalue weighted by Gasteiger charge is 2.06. The second-order valence-corrected chi connectivity index (χ2v) is 4.48. The van der Waals surface area contributed by atoms with E-state index in [9.17, 15) is 4.79 Å². The summed E-state index contributed by atoms with van der Waals surface area (Å²) in [6.45, 7) is 4.34. The van der Waals surface area contributed by atoms with E-state index in [1.54, 1.807) is 11.8 Å². The Labute approximate surface area is 93.7 Å². The maximum absolute atomic E-state index is 11.1. The summed E-state index contributed by atoms with van der Waals surface area (Å²) in [6.07, 6.45) is 2.30. The van der Waals surface area contributed by atoms with Gasteiger partial charge in [0.1, 0.15) is 5.82 Å². The number of anilines is 1. The van der Waals surface area contributed by atoms with Crippen LogP contribution in [0.5, 0.6) is 0 Å². The molecule has 1 aromatic rings. The molecule has 0 aliphatic carbocycles. The molecule has 0 saturated heterocycles. The second-order valence-electron chi connectivity index (χ2n) is 3.47. The summed E-state index contributed by atoms with van der Waals surface area (Å²) in [5.74, 6) is 1.92. The number of nitrogens with zero attached hydrogens (tertiary/aromatic N) is 1. The molecule has 0 amide bonds. The van der Waals surface area contributed by atoms with Crippen molar-refractivity contribution in [3.05, 3.63) is 16.4 Å². The summed E-state index contributed by atoms with van der Waals surface area (Å²) >= 11 is 1.56. The van der Waals surface area contributed by atoms with E-state index in [0.717, 1.165) is 18.6 Å². The van der Waals surface area contributed by atoms with Crippen molar-refractivity contribution in [2.45, 2.75) is 31.8 Å². The molecule has 0 aliphatic rings. The molecule has 3 N–H and O–H groups in total. The highest BCUT2D eigenvalue weighted by Crippen LogP contribution is 2.20. The molecule has 0 atom stereocenters. The van der Waals surface area contributed by atoms with Crippen LogP contribution in [0, 0.1) is 5.92 Å². The maximum atomic E-state index is 11.1. The minimum atomic E-state index is -0.186. The Morgan fingerprint density at radius 1 is 1.53 bits per heavy atom. The van der Waals surface area contributed by atoms with Crippen LogP contribution in [0.15, 0.2) is 16.0 Å². The van der Waals surface area contributed by atoms with Gasteiger partial charge in [0.25, 0.3) is 5.56 Å². The fourth-order valence-electron chi connectivity index (χ4n) is 1.24. The summed E-state index contributed by atoms with van der Waals surface area (Å²) in [5.41, 5.74) is 5.30. The number of hydrogen-bond acceptors (Lipinski definition) is 4. The van der Waals surface area contributed by atoms with Crippen LogP contribution in [0.4, 0.5) is 5.82 Å². The predicted octanol–water partition coefficient (Wildman–Crippen LogP) is 1.88. The van der Waals surface area contributed by atoms with Gasteiger partial charge in [0.05, 0.1) is 0 Å². The van der Waals surface area contributed by atoms with Gasteiger partial charge < -0.3 is 10.7 Å². The number of aromatic amines is 1. The first-order valence-electron chi connectivity index (χ1n) is 5.15. The quantitative estimate of drug-likeness (QED) is 0.595. The van der Waals surface area contributed by atoms with Gasteiger partial charge in [-0.3, -0.25) is 4.79 Å². The molecule has 1 rings (SSSR count). The number of hydrogen-bond donors (Lipinski definition) is 2. The van der Waals surface area contributed by atoms with Crippen molar-refractivity contribution in [1.82, 2.24) is 9.97 Å². The molecular weight excluding hydrogens is 210 g/mol. The van der Waals surface area contributed by atoms with E-state index >= 15 is 0 Å². The molecule has 15 heavy (non-hydrogen) atoms. The molecule has 0 radical (unpaired) electrons. The highest BCUT2D eigenvalue weighted by atomic mass is 32.2. The van der Waals surface area contributed by atoms with E-state index in [1.807, 2.05) is 0 Å². The van der Waals surface area contributed by atoms with Crippen LogP contribution in [0.1, 0.15) is 26.7 Å². The average molecular weight is 227 g/mol. The zero-order valence-electron chi connectivity index (χ0n) is 9.12. The molecule has 1 heterocycles.